The summed E-state index contributed by atoms with van der Waals surface area (Å²) in [5.74, 6) is -0.180. The first-order valence-corrected chi connectivity index (χ1v) is 16.4. The monoisotopic (exact) mass is 640 g/mol. The molecule has 1 saturated heterocycles. The third kappa shape index (κ3) is 7.52. The van der Waals surface area contributed by atoms with E-state index in [1.165, 1.54) is 13.4 Å². The fourth-order valence-electron chi connectivity index (χ4n) is 3.46. The Labute approximate surface area is 238 Å². The number of nitrogens with two attached hydrogens (primary N) is 3. The minimum Gasteiger partial charge on any atom is -0.391 e. The third-order valence-electron chi connectivity index (χ3n) is 5.36. The molecule has 40 heavy (non-hydrogen) atoms. The van der Waals surface area contributed by atoms with Crippen LogP contribution in [0.25, 0.3) is 11.0 Å². The highest BCUT2D eigenvalue weighted by Crippen LogP contribution is 2.59. The van der Waals surface area contributed by atoms with Gasteiger partial charge in [0.1, 0.15) is 29.6 Å². The van der Waals surface area contributed by atoms with Gasteiger partial charge >= 0.3 is 6.71 Å². The highest BCUT2D eigenvalue weighted by atomic mass is 32.7. The number of aromatic nitrogens is 5. The topological polar surface area (TPSA) is 234 Å². The molecule has 0 aliphatic carbocycles. The van der Waals surface area contributed by atoms with Crippen molar-refractivity contribution in [2.24, 2.45) is 4.91 Å². The zero-order valence-corrected chi connectivity index (χ0v) is 24.4. The molecular weight excluding hydrogens is 613 g/mol. The van der Waals surface area contributed by atoms with Gasteiger partial charge in [-0.15, -0.1) is 4.94 Å². The average molecular weight is 641 g/mol. The van der Waals surface area contributed by atoms with E-state index in [1.807, 2.05) is 0 Å². The van der Waals surface area contributed by atoms with Crippen LogP contribution in [0.3, 0.4) is 0 Å². The molecule has 1 aliphatic rings. The van der Waals surface area contributed by atoms with Crippen LogP contribution in [0.4, 0.5) is 27.7 Å². The standard InChI is InChI=1S/C18H27FN10O7P2S2/c1-31-37(39)33-3-2-29-9(4-10-14(21)23-8-24-16(10)29)5-34-38(40,35-12-7-32-6-11(12)19)28-36-27-15-13(20)17(30)26-18(22)25-15/h4,8,11-12,39-40H,2-3,5-7,20H2,1H3,(H2,21,23,24)(H4,22,25,26,27,30). The first kappa shape index (κ1) is 30.7. The smallest absolute Gasteiger partial charge is 0.300 e. The van der Waals surface area contributed by atoms with E-state index in [1.54, 1.807) is 10.6 Å². The summed E-state index contributed by atoms with van der Waals surface area (Å²) in [7, 11) is 0.132. The van der Waals surface area contributed by atoms with Gasteiger partial charge in [0.25, 0.3) is 5.56 Å². The molecule has 0 spiro atoms. The summed E-state index contributed by atoms with van der Waals surface area (Å²) in [6.45, 7) is -3.43. The van der Waals surface area contributed by atoms with Gasteiger partial charge in [-0.05, 0) is 6.07 Å². The maximum absolute atomic E-state index is 14.3. The fourth-order valence-corrected chi connectivity index (χ4v) is 5.83. The molecule has 22 heteroatoms. The van der Waals surface area contributed by atoms with E-state index >= 15 is 0 Å². The van der Waals surface area contributed by atoms with Gasteiger partial charge in [-0.2, -0.15) is 4.98 Å². The molecule has 4 unspecified atom stereocenters. The van der Waals surface area contributed by atoms with Crippen molar-refractivity contribution in [2.75, 3.05) is 49.6 Å². The van der Waals surface area contributed by atoms with Crippen molar-refractivity contribution in [2.45, 2.75) is 25.4 Å². The number of aromatic amines is 1. The molecule has 4 atom stereocenters. The Bertz CT molecular complexity index is 1450. The molecule has 8 N–H and O–H groups in total. The van der Waals surface area contributed by atoms with Gasteiger partial charge in [-0.25, -0.2) is 19.8 Å². The largest absolute Gasteiger partial charge is 0.391 e. The highest BCUT2D eigenvalue weighted by Gasteiger charge is 2.35. The molecule has 0 bridgehead atoms. The lowest BCUT2D eigenvalue weighted by molar-refractivity contribution is 0.107. The Kier molecular flexibility index (Phi) is 10.4. The predicted molar refractivity (Wildman–Crippen MR) is 153 cm³/mol. The zero-order chi connectivity index (χ0) is 28.9. The molecule has 1 fully saturated rings. The second kappa shape index (κ2) is 13.6. The quantitative estimate of drug-likeness (QED) is 0.0806. The van der Waals surface area contributed by atoms with Crippen molar-refractivity contribution in [3.63, 3.8) is 0 Å². The first-order valence-electron chi connectivity index (χ1n) is 11.3. The molecule has 4 rings (SSSR count). The number of nitrogens with one attached hydrogen (secondary N) is 2. The number of anilines is 4. The van der Waals surface area contributed by atoms with Gasteiger partial charge in [-0.3, -0.25) is 9.78 Å². The first-order chi connectivity index (χ1) is 19.1. The number of H-pyrrole nitrogens is 1. The summed E-state index contributed by atoms with van der Waals surface area (Å²) in [5, 5.41) is 0.571. The summed E-state index contributed by atoms with van der Waals surface area (Å²) in [4.78, 5) is 35.2. The SMILES string of the molecule is COP(S)OCCn1c(COP(S)(=NONc2nc(N)[nH]c(=O)c2N)OC2COCC2F)cc2c(N)ncnc21. The minimum atomic E-state index is -3.63. The number of hydrogen-bond donors (Lipinski definition) is 7. The number of hydrogen-bond acceptors (Lipinski definition) is 16. The Balaban J connectivity index is 1.58. The van der Waals surface area contributed by atoms with Crippen molar-refractivity contribution in [3.8, 4) is 0 Å². The van der Waals surface area contributed by atoms with Crippen molar-refractivity contribution in [3.05, 3.63) is 28.4 Å². The molecular formula is C18H27FN10O7P2S2. The van der Waals surface area contributed by atoms with E-state index in [0.717, 1.165) is 0 Å². The van der Waals surface area contributed by atoms with Crippen molar-refractivity contribution in [1.29, 1.82) is 0 Å². The van der Waals surface area contributed by atoms with E-state index in [9.17, 15) is 9.18 Å². The van der Waals surface area contributed by atoms with Crippen LogP contribution >= 0.6 is 38.8 Å². The van der Waals surface area contributed by atoms with E-state index in [4.69, 9.17) is 45.0 Å². The summed E-state index contributed by atoms with van der Waals surface area (Å²) >= 11 is 8.67. The number of nitrogen functional groups attached to an aromatic ring is 3. The lowest BCUT2D eigenvalue weighted by Gasteiger charge is -2.23. The van der Waals surface area contributed by atoms with Crippen LogP contribution in [0.1, 0.15) is 5.69 Å². The van der Waals surface area contributed by atoms with Gasteiger partial charge in [0.05, 0.1) is 31.8 Å². The Morgan fingerprint density at radius 2 is 2.17 bits per heavy atom. The average Bonchev–Trinajstić information content (AvgIpc) is 3.49. The number of ether oxygens (including phenoxy) is 1. The normalized spacial score (nSPS) is 19.5. The highest BCUT2D eigenvalue weighted by molar-refractivity contribution is 8.45. The molecule has 4 heterocycles. The second-order valence-electron chi connectivity index (χ2n) is 7.99. The molecule has 3 aromatic rings. The Morgan fingerprint density at radius 3 is 2.90 bits per heavy atom. The van der Waals surface area contributed by atoms with E-state index in [2.05, 4.69) is 54.8 Å². The van der Waals surface area contributed by atoms with Crippen LogP contribution in [0.2, 0.25) is 0 Å². The molecule has 0 aromatic carbocycles. The number of nitrogens with zero attached hydrogens (tertiary/aromatic N) is 5. The molecule has 0 saturated carbocycles. The van der Waals surface area contributed by atoms with Crippen LogP contribution in [0.5, 0.6) is 0 Å². The van der Waals surface area contributed by atoms with Gasteiger partial charge in [0.15, 0.2) is 12.0 Å². The molecule has 220 valence electrons. The van der Waals surface area contributed by atoms with Crippen molar-refractivity contribution >= 4 is 73.1 Å². The summed E-state index contributed by atoms with van der Waals surface area (Å²) in [6, 6.07) is 1.72. The van der Waals surface area contributed by atoms with Crippen molar-refractivity contribution in [1.82, 2.24) is 24.5 Å². The van der Waals surface area contributed by atoms with Crippen molar-refractivity contribution < 1.29 is 32.2 Å². The van der Waals surface area contributed by atoms with Crippen LogP contribution in [-0.4, -0.2) is 63.7 Å². The second-order valence-corrected chi connectivity index (χ2v) is 13.2. The van der Waals surface area contributed by atoms with Crippen LogP contribution in [0.15, 0.2) is 22.1 Å². The number of halogens is 1. The summed E-state index contributed by atoms with van der Waals surface area (Å²) in [5.41, 5.74) is 19.6. The fraction of sp³-hybridized carbons (Fsp3) is 0.444. The van der Waals surface area contributed by atoms with Gasteiger partial charge in [0, 0.05) is 19.3 Å². The van der Waals surface area contributed by atoms with E-state index in [-0.39, 0.29) is 49.7 Å². The third-order valence-corrected chi connectivity index (χ3v) is 9.06. The van der Waals surface area contributed by atoms with Gasteiger partial charge < -0.3 is 44.6 Å². The van der Waals surface area contributed by atoms with Crippen LogP contribution < -0.4 is 28.2 Å². The van der Waals surface area contributed by atoms with E-state index < -0.39 is 32.1 Å². The lowest BCUT2D eigenvalue weighted by atomic mass is 10.3. The lowest BCUT2D eigenvalue weighted by Crippen LogP contribution is -2.22. The van der Waals surface area contributed by atoms with E-state index in [0.29, 0.717) is 23.3 Å². The maximum atomic E-state index is 14.3. The predicted octanol–water partition coefficient (Wildman–Crippen LogP) is 2.19. The van der Waals surface area contributed by atoms with Gasteiger partial charge in [-0.1, -0.05) is 29.4 Å². The zero-order valence-electron chi connectivity index (χ0n) is 20.8. The maximum Gasteiger partial charge on any atom is 0.300 e. The molecule has 17 nitrogen and oxygen atoms in total. The van der Waals surface area contributed by atoms with Crippen LogP contribution in [-0.2, 0) is 40.9 Å². The number of alkyl halides is 1. The van der Waals surface area contributed by atoms with Gasteiger partial charge in [0.2, 0.25) is 13.5 Å². The Morgan fingerprint density at radius 1 is 1.38 bits per heavy atom. The molecule has 0 amide bonds. The van der Waals surface area contributed by atoms with Crippen LogP contribution in [0, 0.1) is 0 Å². The molecule has 1 aliphatic heterocycles. The minimum absolute atomic E-state index is 0.0508. The Hall–Kier alpha value is -2.25. The summed E-state index contributed by atoms with van der Waals surface area (Å²) in [6.07, 6.45) is -1.14. The molecule has 3 aromatic heterocycles. The summed E-state index contributed by atoms with van der Waals surface area (Å²) < 4.78 is 43.6. The number of fused-ring (bicyclic) bond motifs is 1. The number of thiol groups is 2. The number of rotatable bonds is 13. The molecule has 0 radical (unpaired) electrons.